The number of aliphatic hydroxyl groups excluding tert-OH is 2. The summed E-state index contributed by atoms with van der Waals surface area (Å²) in [6, 6.07) is 11.5. The number of hydrogen-bond donors (Lipinski definition) is 5. The number of hydrogen-bond acceptors (Lipinski definition) is 6. The van der Waals surface area contributed by atoms with Gasteiger partial charge in [-0.2, -0.15) is 0 Å². The lowest BCUT2D eigenvalue weighted by atomic mass is 9.98. The Balaban J connectivity index is 1.55. The van der Waals surface area contributed by atoms with E-state index in [1.54, 1.807) is 0 Å². The van der Waals surface area contributed by atoms with Gasteiger partial charge in [0.1, 0.15) is 11.2 Å². The van der Waals surface area contributed by atoms with Crippen molar-refractivity contribution in [2.75, 3.05) is 6.54 Å². The number of thiazole rings is 1. The molecule has 8 heteroatoms. The van der Waals surface area contributed by atoms with Gasteiger partial charge >= 0.3 is 0 Å². The molecule has 5 N–H and O–H groups in total. The van der Waals surface area contributed by atoms with Gasteiger partial charge in [-0.1, -0.05) is 30.2 Å². The van der Waals surface area contributed by atoms with Crippen molar-refractivity contribution < 1.29 is 10.2 Å². The molecule has 4 rings (SSSR count). The van der Waals surface area contributed by atoms with Crippen LogP contribution in [0.2, 0.25) is 5.02 Å². The van der Waals surface area contributed by atoms with Crippen molar-refractivity contribution in [1.82, 2.24) is 20.6 Å². The molecule has 30 heavy (non-hydrogen) atoms. The molecule has 0 bridgehead atoms. The largest absolute Gasteiger partial charge is 0.391 e. The molecule has 0 amide bonds. The Morgan fingerprint density at radius 2 is 2.03 bits per heavy atom. The van der Waals surface area contributed by atoms with Gasteiger partial charge in [-0.15, -0.1) is 11.3 Å². The molecule has 1 fully saturated rings. The van der Waals surface area contributed by atoms with Crippen molar-refractivity contribution in [3.05, 3.63) is 62.7 Å². The number of nitrogens with one attached hydrogen (secondary N) is 3. The summed E-state index contributed by atoms with van der Waals surface area (Å²) >= 11 is 7.49. The van der Waals surface area contributed by atoms with E-state index >= 15 is 0 Å². The third-order valence-electron chi connectivity index (χ3n) is 5.57. The van der Waals surface area contributed by atoms with Crippen LogP contribution < -0.4 is 10.6 Å². The summed E-state index contributed by atoms with van der Waals surface area (Å²) in [5.41, 5.74) is 3.46. The molecular weight excluding hydrogens is 420 g/mol. The zero-order chi connectivity index (χ0) is 21.1. The second-order valence-electron chi connectivity index (χ2n) is 7.66. The number of aliphatic hydroxyl groups is 2. The molecular formula is C22H27ClN4O2S. The first-order valence-electron chi connectivity index (χ1n) is 10.2. The van der Waals surface area contributed by atoms with E-state index in [9.17, 15) is 10.2 Å². The van der Waals surface area contributed by atoms with Crippen LogP contribution in [0.4, 0.5) is 0 Å². The molecule has 160 valence electrons. The van der Waals surface area contributed by atoms with Crippen LogP contribution in [0.3, 0.4) is 0 Å². The minimum absolute atomic E-state index is 0.0159. The molecule has 0 saturated carbocycles. The van der Waals surface area contributed by atoms with Crippen LogP contribution in [-0.4, -0.2) is 32.8 Å². The number of aromatic amines is 1. The number of benzene rings is 1. The normalized spacial score (nSPS) is 19.0. The third-order valence-corrected chi connectivity index (χ3v) is 7.04. The number of rotatable bonds is 7. The van der Waals surface area contributed by atoms with E-state index in [1.165, 1.54) is 11.3 Å². The van der Waals surface area contributed by atoms with Gasteiger partial charge in [0, 0.05) is 16.8 Å². The smallest absolute Gasteiger partial charge is 0.146 e. The summed E-state index contributed by atoms with van der Waals surface area (Å²) in [7, 11) is 0. The second kappa shape index (κ2) is 9.60. The van der Waals surface area contributed by atoms with Gasteiger partial charge in [-0.05, 0) is 56.1 Å². The first-order valence-corrected chi connectivity index (χ1v) is 11.4. The topological polar surface area (TPSA) is 93.2 Å². The van der Waals surface area contributed by atoms with Crippen LogP contribution in [0.5, 0.6) is 0 Å². The molecule has 3 unspecified atom stereocenters. The van der Waals surface area contributed by atoms with Gasteiger partial charge in [0.2, 0.25) is 0 Å². The van der Waals surface area contributed by atoms with Gasteiger partial charge < -0.3 is 20.5 Å². The number of aryl methyl sites for hydroxylation is 1. The molecule has 1 saturated heterocycles. The molecule has 3 atom stereocenters. The van der Waals surface area contributed by atoms with Crippen molar-refractivity contribution in [2.24, 2.45) is 0 Å². The van der Waals surface area contributed by atoms with E-state index < -0.39 is 6.23 Å². The summed E-state index contributed by atoms with van der Waals surface area (Å²) in [6.07, 6.45) is 2.44. The molecule has 1 aromatic carbocycles. The lowest BCUT2D eigenvalue weighted by molar-refractivity contribution is 0.106. The van der Waals surface area contributed by atoms with Gasteiger partial charge in [0.15, 0.2) is 0 Å². The van der Waals surface area contributed by atoms with Crippen LogP contribution in [0.15, 0.2) is 36.4 Å². The maximum absolute atomic E-state index is 11.0. The third kappa shape index (κ3) is 4.77. The fourth-order valence-electron chi connectivity index (χ4n) is 3.88. The number of halogens is 1. The summed E-state index contributed by atoms with van der Waals surface area (Å²) in [6.45, 7) is 2.86. The van der Waals surface area contributed by atoms with Crippen molar-refractivity contribution in [3.63, 3.8) is 0 Å². The van der Waals surface area contributed by atoms with E-state index in [2.05, 4.69) is 20.6 Å². The molecule has 3 heterocycles. The van der Waals surface area contributed by atoms with E-state index in [4.69, 9.17) is 11.6 Å². The fourth-order valence-corrected chi connectivity index (χ4v) is 5.06. The van der Waals surface area contributed by atoms with Crippen LogP contribution in [-0.2, 0) is 6.61 Å². The summed E-state index contributed by atoms with van der Waals surface area (Å²) in [5, 5.41) is 29.0. The molecule has 0 radical (unpaired) electrons. The average Bonchev–Trinajstić information content (AvgIpc) is 3.40. The Morgan fingerprint density at radius 3 is 2.70 bits per heavy atom. The molecule has 0 aliphatic carbocycles. The highest BCUT2D eigenvalue weighted by Crippen LogP contribution is 2.31. The molecule has 6 nitrogen and oxygen atoms in total. The van der Waals surface area contributed by atoms with Crippen molar-refractivity contribution in [2.45, 2.75) is 51.1 Å². The number of aromatic nitrogens is 2. The van der Waals surface area contributed by atoms with E-state index in [0.717, 1.165) is 52.6 Å². The maximum Gasteiger partial charge on any atom is 0.146 e. The Bertz CT molecular complexity index is 966. The molecule has 1 aliphatic rings. The first-order chi connectivity index (χ1) is 14.5. The summed E-state index contributed by atoms with van der Waals surface area (Å²) < 4.78 is 0. The molecule has 1 aliphatic heterocycles. The van der Waals surface area contributed by atoms with Gasteiger partial charge in [0.05, 0.1) is 28.9 Å². The van der Waals surface area contributed by atoms with Crippen LogP contribution in [0.25, 0.3) is 11.3 Å². The van der Waals surface area contributed by atoms with Crippen molar-refractivity contribution in [1.29, 1.82) is 0 Å². The first kappa shape index (κ1) is 21.5. The Kier molecular flexibility index (Phi) is 6.87. The van der Waals surface area contributed by atoms with E-state index in [0.29, 0.717) is 10.7 Å². The van der Waals surface area contributed by atoms with Gasteiger partial charge in [-0.25, -0.2) is 4.98 Å². The van der Waals surface area contributed by atoms with Crippen LogP contribution in [0.1, 0.15) is 52.8 Å². The lowest BCUT2D eigenvalue weighted by Gasteiger charge is -2.32. The molecule has 0 spiro atoms. The van der Waals surface area contributed by atoms with Gasteiger partial charge in [0.25, 0.3) is 0 Å². The Labute approximate surface area is 185 Å². The SMILES string of the molecule is Cc1nc(C(NC(O)c2ccc(-c3ccc(Cl)cc3)[nH]2)C2CCCCN2)sc1CO. The van der Waals surface area contributed by atoms with E-state index in [-0.39, 0.29) is 18.7 Å². The van der Waals surface area contributed by atoms with E-state index in [1.807, 2.05) is 43.3 Å². The lowest BCUT2D eigenvalue weighted by Crippen LogP contribution is -2.45. The highest BCUT2D eigenvalue weighted by atomic mass is 35.5. The standard InChI is InChI=1S/C22H27ClN4O2S/c1-13-19(12-28)30-22(25-13)20(17-4-2-3-11-24-17)27-21(29)18-10-9-16(26-18)14-5-7-15(23)8-6-14/h5-10,17,20-21,24,26-29H,2-4,11-12H2,1H3. The Morgan fingerprint density at radius 1 is 1.23 bits per heavy atom. The number of nitrogens with zero attached hydrogens (tertiary/aromatic N) is 1. The number of H-pyrrole nitrogens is 1. The van der Waals surface area contributed by atoms with Crippen molar-refractivity contribution >= 4 is 22.9 Å². The fraction of sp³-hybridized carbons (Fsp3) is 0.409. The molecule has 2 aromatic heterocycles. The minimum atomic E-state index is -0.874. The quantitative estimate of drug-likeness (QED) is 0.353. The second-order valence-corrected chi connectivity index (χ2v) is 9.21. The van der Waals surface area contributed by atoms with Crippen LogP contribution in [0, 0.1) is 6.92 Å². The summed E-state index contributed by atoms with van der Waals surface area (Å²) in [4.78, 5) is 8.86. The predicted molar refractivity (Wildman–Crippen MR) is 120 cm³/mol. The zero-order valence-electron chi connectivity index (χ0n) is 16.9. The predicted octanol–water partition coefficient (Wildman–Crippen LogP) is 4.06. The zero-order valence-corrected chi connectivity index (χ0v) is 18.4. The highest BCUT2D eigenvalue weighted by Gasteiger charge is 2.30. The van der Waals surface area contributed by atoms with Crippen LogP contribution >= 0.6 is 22.9 Å². The Hall–Kier alpha value is -1.74. The highest BCUT2D eigenvalue weighted by molar-refractivity contribution is 7.11. The summed E-state index contributed by atoms with van der Waals surface area (Å²) in [5.74, 6) is 0. The average molecular weight is 447 g/mol. The minimum Gasteiger partial charge on any atom is -0.391 e. The van der Waals surface area contributed by atoms with Crippen molar-refractivity contribution in [3.8, 4) is 11.3 Å². The van der Waals surface area contributed by atoms with Gasteiger partial charge in [-0.3, -0.25) is 5.32 Å². The maximum atomic E-state index is 11.0. The number of piperidine rings is 1. The monoisotopic (exact) mass is 446 g/mol. The molecule has 3 aromatic rings.